The summed E-state index contributed by atoms with van der Waals surface area (Å²) in [6.45, 7) is 3.97. The van der Waals surface area contributed by atoms with Crippen LogP contribution in [-0.4, -0.2) is 16.1 Å². The van der Waals surface area contributed by atoms with Crippen molar-refractivity contribution in [3.63, 3.8) is 0 Å². The maximum Gasteiger partial charge on any atom is 0.268 e. The number of aromatic nitrogens is 2. The van der Waals surface area contributed by atoms with Gasteiger partial charge in [0.25, 0.3) is 5.91 Å². The van der Waals surface area contributed by atoms with Gasteiger partial charge in [-0.3, -0.25) is 10.1 Å². The Morgan fingerprint density at radius 3 is 2.68 bits per heavy atom. The molecule has 1 amide bonds. The molecular weight excluding hydrogens is 372 g/mol. The summed E-state index contributed by atoms with van der Waals surface area (Å²) < 4.78 is 5.83. The second-order valence-electron chi connectivity index (χ2n) is 5.97. The first kappa shape index (κ1) is 19.3. The van der Waals surface area contributed by atoms with Crippen molar-refractivity contribution in [2.45, 2.75) is 20.3 Å². The topological polar surface area (TPSA) is 87.9 Å². The van der Waals surface area contributed by atoms with E-state index in [4.69, 9.17) is 4.74 Å². The highest BCUT2D eigenvalue weighted by atomic mass is 32.1. The van der Waals surface area contributed by atoms with Crippen molar-refractivity contribution in [1.82, 2.24) is 10.2 Å². The van der Waals surface area contributed by atoms with Gasteiger partial charge >= 0.3 is 0 Å². The Morgan fingerprint density at radius 1 is 1.21 bits per heavy atom. The molecule has 0 aliphatic heterocycles. The molecule has 3 aromatic rings. The molecule has 0 aliphatic rings. The van der Waals surface area contributed by atoms with Crippen molar-refractivity contribution < 1.29 is 9.53 Å². The number of nitriles is 1. The van der Waals surface area contributed by atoms with E-state index in [1.165, 1.54) is 17.4 Å². The number of rotatable bonds is 6. The average Bonchev–Trinajstić information content (AvgIpc) is 3.15. The molecule has 140 valence electrons. The first-order valence-electron chi connectivity index (χ1n) is 8.67. The molecule has 2 aromatic carbocycles. The van der Waals surface area contributed by atoms with Gasteiger partial charge in [0.05, 0.1) is 0 Å². The Bertz CT molecular complexity index is 1050. The summed E-state index contributed by atoms with van der Waals surface area (Å²) in [5, 5.41) is 21.0. The first-order valence-corrected chi connectivity index (χ1v) is 9.49. The molecule has 3 rings (SSSR count). The number of carbonyl (C=O) groups is 1. The summed E-state index contributed by atoms with van der Waals surface area (Å²) in [7, 11) is 0. The van der Waals surface area contributed by atoms with Crippen LogP contribution in [0.2, 0.25) is 0 Å². The standard InChI is InChI=1S/C21H18N4O2S/c1-3-19-24-25-21(28-19)23-20(26)16(13-22)11-15-5-4-6-18(12-15)27-17-9-7-14(2)8-10-17/h4-12H,3H2,1-2H3,(H,23,25,26). The monoisotopic (exact) mass is 390 g/mol. The number of hydrogen-bond acceptors (Lipinski definition) is 6. The highest BCUT2D eigenvalue weighted by molar-refractivity contribution is 7.15. The largest absolute Gasteiger partial charge is 0.457 e. The number of aryl methyl sites for hydroxylation is 2. The molecule has 0 aliphatic carbocycles. The molecule has 0 saturated carbocycles. The van der Waals surface area contributed by atoms with Crippen molar-refractivity contribution >= 4 is 28.5 Å². The molecule has 0 radical (unpaired) electrons. The summed E-state index contributed by atoms with van der Waals surface area (Å²) >= 11 is 1.29. The SMILES string of the molecule is CCc1nnc(NC(=O)C(C#N)=Cc2cccc(Oc3ccc(C)cc3)c2)s1. The molecule has 0 unspecified atom stereocenters. The molecule has 7 heteroatoms. The Balaban J connectivity index is 1.75. The second kappa shape index (κ2) is 8.93. The van der Waals surface area contributed by atoms with Crippen LogP contribution in [0.3, 0.4) is 0 Å². The van der Waals surface area contributed by atoms with E-state index < -0.39 is 5.91 Å². The Hall–Kier alpha value is -3.50. The van der Waals surface area contributed by atoms with Gasteiger partial charge in [0.15, 0.2) is 0 Å². The fraction of sp³-hybridized carbons (Fsp3) is 0.143. The zero-order valence-electron chi connectivity index (χ0n) is 15.5. The average molecular weight is 390 g/mol. The van der Waals surface area contributed by atoms with E-state index >= 15 is 0 Å². The molecule has 1 aromatic heterocycles. The number of ether oxygens (including phenoxy) is 1. The van der Waals surface area contributed by atoms with E-state index in [0.29, 0.717) is 22.2 Å². The van der Waals surface area contributed by atoms with E-state index in [0.717, 1.165) is 17.0 Å². The van der Waals surface area contributed by atoms with Crippen molar-refractivity contribution in [2.75, 3.05) is 5.32 Å². The van der Waals surface area contributed by atoms with Crippen LogP contribution in [0.4, 0.5) is 5.13 Å². The van der Waals surface area contributed by atoms with Gasteiger partial charge in [-0.1, -0.05) is 48.1 Å². The van der Waals surface area contributed by atoms with Gasteiger partial charge in [0.1, 0.15) is 28.1 Å². The van der Waals surface area contributed by atoms with Crippen LogP contribution < -0.4 is 10.1 Å². The summed E-state index contributed by atoms with van der Waals surface area (Å²) in [6.07, 6.45) is 2.25. The van der Waals surface area contributed by atoms with Crippen LogP contribution in [0.25, 0.3) is 6.08 Å². The van der Waals surface area contributed by atoms with Crippen molar-refractivity contribution in [2.24, 2.45) is 0 Å². The minimum atomic E-state index is -0.522. The summed E-state index contributed by atoms with van der Waals surface area (Å²) in [5.41, 5.74) is 1.80. The molecule has 1 heterocycles. The first-order chi connectivity index (χ1) is 13.6. The minimum Gasteiger partial charge on any atom is -0.457 e. The lowest BCUT2D eigenvalue weighted by Gasteiger charge is -2.07. The van der Waals surface area contributed by atoms with Gasteiger partial charge in [-0.15, -0.1) is 10.2 Å². The number of anilines is 1. The van der Waals surface area contributed by atoms with Gasteiger partial charge in [0, 0.05) is 0 Å². The predicted molar refractivity (Wildman–Crippen MR) is 109 cm³/mol. The number of hydrogen-bond donors (Lipinski definition) is 1. The predicted octanol–water partition coefficient (Wildman–Crippen LogP) is 4.75. The quantitative estimate of drug-likeness (QED) is 0.485. The maximum atomic E-state index is 12.4. The maximum absolute atomic E-state index is 12.4. The van der Waals surface area contributed by atoms with E-state index in [9.17, 15) is 10.1 Å². The number of nitrogens with one attached hydrogen (secondary N) is 1. The molecule has 28 heavy (non-hydrogen) atoms. The number of benzene rings is 2. The Kier molecular flexibility index (Phi) is 6.14. The van der Waals surface area contributed by atoms with E-state index in [-0.39, 0.29) is 5.57 Å². The van der Waals surface area contributed by atoms with Crippen LogP contribution in [-0.2, 0) is 11.2 Å². The lowest BCUT2D eigenvalue weighted by atomic mass is 10.1. The van der Waals surface area contributed by atoms with E-state index in [2.05, 4.69) is 15.5 Å². The molecule has 0 atom stereocenters. The third-order valence-electron chi connectivity index (χ3n) is 3.78. The highest BCUT2D eigenvalue weighted by Crippen LogP contribution is 2.24. The lowest BCUT2D eigenvalue weighted by Crippen LogP contribution is -2.13. The molecule has 0 bridgehead atoms. The van der Waals surface area contributed by atoms with Crippen LogP contribution in [0, 0.1) is 18.3 Å². The third kappa shape index (κ3) is 5.02. The van der Waals surface area contributed by atoms with Gasteiger partial charge in [-0.05, 0) is 49.2 Å². The smallest absolute Gasteiger partial charge is 0.268 e. The van der Waals surface area contributed by atoms with E-state index in [1.54, 1.807) is 18.2 Å². The van der Waals surface area contributed by atoms with Gasteiger partial charge in [-0.2, -0.15) is 5.26 Å². The normalized spacial score (nSPS) is 11.0. The number of carbonyl (C=O) groups excluding carboxylic acids is 1. The zero-order chi connectivity index (χ0) is 19.9. The number of nitrogens with zero attached hydrogens (tertiary/aromatic N) is 3. The summed E-state index contributed by atoms with van der Waals surface area (Å²) in [6, 6.07) is 16.8. The third-order valence-corrected chi connectivity index (χ3v) is 4.76. The fourth-order valence-corrected chi connectivity index (χ4v) is 3.01. The van der Waals surface area contributed by atoms with Crippen LogP contribution in [0.5, 0.6) is 11.5 Å². The molecule has 0 fully saturated rings. The summed E-state index contributed by atoms with van der Waals surface area (Å²) in [5.74, 6) is 0.811. The Morgan fingerprint density at radius 2 is 2.00 bits per heavy atom. The zero-order valence-corrected chi connectivity index (χ0v) is 16.3. The second-order valence-corrected chi connectivity index (χ2v) is 7.03. The highest BCUT2D eigenvalue weighted by Gasteiger charge is 2.12. The van der Waals surface area contributed by atoms with Crippen LogP contribution in [0.1, 0.15) is 23.1 Å². The van der Waals surface area contributed by atoms with Gasteiger partial charge < -0.3 is 4.74 Å². The van der Waals surface area contributed by atoms with Crippen molar-refractivity contribution in [3.8, 4) is 17.6 Å². The molecular formula is C21H18N4O2S. The molecule has 1 N–H and O–H groups in total. The van der Waals surface area contributed by atoms with Gasteiger partial charge in [-0.25, -0.2) is 0 Å². The van der Waals surface area contributed by atoms with E-state index in [1.807, 2.05) is 50.2 Å². The lowest BCUT2D eigenvalue weighted by molar-refractivity contribution is -0.112. The van der Waals surface area contributed by atoms with Gasteiger partial charge in [0.2, 0.25) is 5.13 Å². The Labute approximate surface area is 167 Å². The van der Waals surface area contributed by atoms with Crippen LogP contribution >= 0.6 is 11.3 Å². The summed E-state index contributed by atoms with van der Waals surface area (Å²) in [4.78, 5) is 12.4. The van der Waals surface area contributed by atoms with Crippen molar-refractivity contribution in [3.05, 3.63) is 70.2 Å². The molecule has 0 spiro atoms. The fourth-order valence-electron chi connectivity index (χ4n) is 2.34. The molecule has 6 nitrogen and oxygen atoms in total. The van der Waals surface area contributed by atoms with Crippen LogP contribution in [0.15, 0.2) is 54.1 Å². The molecule has 0 saturated heterocycles. The minimum absolute atomic E-state index is 0.0271. The van der Waals surface area contributed by atoms with Crippen molar-refractivity contribution in [1.29, 1.82) is 5.26 Å². The number of amides is 1.